The molecule has 1 aliphatic carbocycles. The molecule has 3 N–H and O–H groups in total. The topological polar surface area (TPSA) is 69.9 Å². The Labute approximate surface area is 209 Å². The third kappa shape index (κ3) is 4.91. The first-order chi connectivity index (χ1) is 16.7. The Morgan fingerprint density at radius 1 is 0.886 bits per heavy atom. The summed E-state index contributed by atoms with van der Waals surface area (Å²) in [6.45, 7) is 6.32. The molecule has 0 bridgehead atoms. The summed E-state index contributed by atoms with van der Waals surface area (Å²) >= 11 is 0. The molecule has 3 aromatic carbocycles. The highest BCUT2D eigenvalue weighted by Crippen LogP contribution is 2.42. The third-order valence-corrected chi connectivity index (χ3v) is 11.9. The first kappa shape index (κ1) is 25.1. The van der Waals surface area contributed by atoms with Crippen molar-refractivity contribution in [3.63, 3.8) is 0 Å². The number of aliphatic hydroxyl groups is 2. The Kier molecular flexibility index (Phi) is 7.15. The highest BCUT2D eigenvalue weighted by molar-refractivity contribution is 6.99. The van der Waals surface area contributed by atoms with Gasteiger partial charge in [-0.2, -0.15) is 0 Å². The predicted octanol–water partition coefficient (Wildman–Crippen LogP) is 4.43. The molecule has 0 saturated carbocycles. The molecule has 0 aliphatic heterocycles. The zero-order valence-corrected chi connectivity index (χ0v) is 21.6. The standard InChI is InChI=1S/C30H34O4Si/c1-29(2,3)35(26-13-6-4-7-14-26,27-15-8-5-9-16-27)34-30(33)19-11-10-12-25(30)21-23-17-18-28(32)24(20-23)22-31/h4-20,25,31-33H,21-22H2,1-3H3. The first-order valence-corrected chi connectivity index (χ1v) is 13.9. The molecule has 1 aliphatic rings. The number of aromatic hydroxyl groups is 1. The predicted molar refractivity (Wildman–Crippen MR) is 143 cm³/mol. The second-order valence-corrected chi connectivity index (χ2v) is 14.4. The fourth-order valence-corrected chi connectivity index (χ4v) is 9.66. The lowest BCUT2D eigenvalue weighted by molar-refractivity contribution is -0.133. The van der Waals surface area contributed by atoms with Crippen molar-refractivity contribution in [1.29, 1.82) is 0 Å². The molecule has 3 aromatic rings. The monoisotopic (exact) mass is 486 g/mol. The molecule has 2 atom stereocenters. The van der Waals surface area contributed by atoms with Crippen LogP contribution in [0.1, 0.15) is 31.9 Å². The fourth-order valence-electron chi connectivity index (χ4n) is 5.02. The van der Waals surface area contributed by atoms with E-state index in [4.69, 9.17) is 4.43 Å². The summed E-state index contributed by atoms with van der Waals surface area (Å²) in [6, 6.07) is 25.7. The van der Waals surface area contributed by atoms with Crippen LogP contribution in [0.5, 0.6) is 5.75 Å². The van der Waals surface area contributed by atoms with Gasteiger partial charge in [-0.25, -0.2) is 0 Å². The number of aliphatic hydroxyl groups excluding tert-OH is 1. The van der Waals surface area contributed by atoms with Gasteiger partial charge in [0.05, 0.1) is 6.61 Å². The fraction of sp³-hybridized carbons (Fsp3) is 0.267. The molecule has 0 fully saturated rings. The molecule has 4 rings (SSSR count). The molecular weight excluding hydrogens is 452 g/mol. The van der Waals surface area contributed by atoms with Crippen molar-refractivity contribution in [3.8, 4) is 5.75 Å². The summed E-state index contributed by atoms with van der Waals surface area (Å²) in [4.78, 5) is 0. The van der Waals surface area contributed by atoms with Crippen LogP contribution in [0.25, 0.3) is 0 Å². The van der Waals surface area contributed by atoms with E-state index in [2.05, 4.69) is 45.0 Å². The van der Waals surface area contributed by atoms with Crippen molar-refractivity contribution in [1.82, 2.24) is 0 Å². The zero-order valence-electron chi connectivity index (χ0n) is 20.6. The quantitative estimate of drug-likeness (QED) is 0.341. The van der Waals surface area contributed by atoms with Crippen LogP contribution in [-0.4, -0.2) is 29.4 Å². The minimum absolute atomic E-state index is 0.0640. The van der Waals surface area contributed by atoms with Gasteiger partial charge < -0.3 is 19.7 Å². The second kappa shape index (κ2) is 9.95. The van der Waals surface area contributed by atoms with E-state index >= 15 is 0 Å². The van der Waals surface area contributed by atoms with E-state index in [-0.39, 0.29) is 23.3 Å². The summed E-state index contributed by atoms with van der Waals surface area (Å²) in [5.41, 5.74) is 1.37. The molecule has 0 aromatic heterocycles. The molecular formula is C30H34O4Si. The van der Waals surface area contributed by atoms with E-state index in [1.807, 2.05) is 60.7 Å². The molecule has 182 valence electrons. The van der Waals surface area contributed by atoms with E-state index in [1.54, 1.807) is 18.2 Å². The van der Waals surface area contributed by atoms with E-state index in [9.17, 15) is 15.3 Å². The minimum Gasteiger partial charge on any atom is -0.508 e. The second-order valence-electron chi connectivity index (χ2n) is 10.2. The minimum atomic E-state index is -3.01. The molecule has 0 amide bonds. The molecule has 0 radical (unpaired) electrons. The van der Waals surface area contributed by atoms with Gasteiger partial charge in [-0.15, -0.1) is 0 Å². The van der Waals surface area contributed by atoms with Crippen molar-refractivity contribution < 1.29 is 19.7 Å². The van der Waals surface area contributed by atoms with Gasteiger partial charge in [-0.05, 0) is 45.6 Å². The molecule has 2 unspecified atom stereocenters. The van der Waals surface area contributed by atoms with Gasteiger partial charge in [0.1, 0.15) is 5.75 Å². The van der Waals surface area contributed by atoms with Crippen LogP contribution in [0.2, 0.25) is 5.04 Å². The van der Waals surface area contributed by atoms with Crippen LogP contribution in [0.15, 0.2) is 103 Å². The van der Waals surface area contributed by atoms with Gasteiger partial charge in [-0.1, -0.05) is 106 Å². The van der Waals surface area contributed by atoms with Gasteiger partial charge >= 0.3 is 0 Å². The maximum absolute atomic E-state index is 12.2. The molecule has 0 spiro atoms. The van der Waals surface area contributed by atoms with Gasteiger partial charge in [0.25, 0.3) is 8.32 Å². The molecule has 5 heteroatoms. The van der Waals surface area contributed by atoms with Crippen molar-refractivity contribution >= 4 is 18.7 Å². The van der Waals surface area contributed by atoms with Gasteiger partial charge in [-0.3, -0.25) is 0 Å². The van der Waals surface area contributed by atoms with Crippen LogP contribution >= 0.6 is 0 Å². The number of phenols is 1. The first-order valence-electron chi connectivity index (χ1n) is 12.0. The van der Waals surface area contributed by atoms with E-state index in [0.717, 1.165) is 15.9 Å². The van der Waals surface area contributed by atoms with Gasteiger partial charge in [0.15, 0.2) is 5.79 Å². The van der Waals surface area contributed by atoms with Crippen molar-refractivity contribution in [3.05, 3.63) is 114 Å². The van der Waals surface area contributed by atoms with Crippen LogP contribution < -0.4 is 10.4 Å². The highest BCUT2D eigenvalue weighted by atomic mass is 28.4. The number of rotatable bonds is 7. The average molecular weight is 487 g/mol. The average Bonchev–Trinajstić information content (AvgIpc) is 2.85. The summed E-state index contributed by atoms with van der Waals surface area (Å²) < 4.78 is 7.13. The van der Waals surface area contributed by atoms with Crippen molar-refractivity contribution in [2.45, 2.75) is 44.6 Å². The van der Waals surface area contributed by atoms with Gasteiger partial charge in [0, 0.05) is 11.5 Å². The number of hydrogen-bond donors (Lipinski definition) is 3. The maximum atomic E-state index is 12.2. The summed E-state index contributed by atoms with van der Waals surface area (Å²) in [7, 11) is -3.01. The SMILES string of the molecule is CC(C)(C)[Si](OC1(O)C=CC=CC1Cc1ccc(O)c(CO)c1)(c1ccccc1)c1ccccc1. The van der Waals surface area contributed by atoms with E-state index in [1.165, 1.54) is 0 Å². The lowest BCUT2D eigenvalue weighted by atomic mass is 9.87. The number of hydrogen-bond acceptors (Lipinski definition) is 4. The Hall–Kier alpha value is -2.96. The Bertz CT molecular complexity index is 1160. The van der Waals surface area contributed by atoms with Crippen molar-refractivity contribution in [2.75, 3.05) is 0 Å². The largest absolute Gasteiger partial charge is 0.508 e. The normalized spacial score (nSPS) is 20.2. The molecule has 4 nitrogen and oxygen atoms in total. The highest BCUT2D eigenvalue weighted by Gasteiger charge is 2.55. The number of allylic oxidation sites excluding steroid dienone is 2. The number of benzene rings is 3. The lowest BCUT2D eigenvalue weighted by Gasteiger charge is -2.49. The maximum Gasteiger partial charge on any atom is 0.265 e. The Balaban J connectivity index is 1.82. The van der Waals surface area contributed by atoms with Crippen molar-refractivity contribution in [2.24, 2.45) is 5.92 Å². The lowest BCUT2D eigenvalue weighted by Crippen LogP contribution is -2.70. The van der Waals surface area contributed by atoms with Crippen LogP contribution in [0.3, 0.4) is 0 Å². The van der Waals surface area contributed by atoms with Crippen LogP contribution in [0.4, 0.5) is 0 Å². The molecule has 35 heavy (non-hydrogen) atoms. The molecule has 0 saturated heterocycles. The third-order valence-electron chi connectivity index (χ3n) is 6.82. The van der Waals surface area contributed by atoms with Crippen LogP contribution in [-0.2, 0) is 17.5 Å². The van der Waals surface area contributed by atoms with Gasteiger partial charge in [0.2, 0.25) is 0 Å². The summed E-state index contributed by atoms with van der Waals surface area (Å²) in [5, 5.41) is 33.7. The van der Waals surface area contributed by atoms with E-state index < -0.39 is 14.1 Å². The Morgan fingerprint density at radius 3 is 2.03 bits per heavy atom. The summed E-state index contributed by atoms with van der Waals surface area (Å²) in [5.74, 6) is -1.84. The van der Waals surface area contributed by atoms with E-state index in [0.29, 0.717) is 12.0 Å². The Morgan fingerprint density at radius 2 is 1.49 bits per heavy atom. The van der Waals surface area contributed by atoms with Crippen LogP contribution in [0, 0.1) is 5.92 Å². The zero-order chi connectivity index (χ0) is 25.1. The molecule has 0 heterocycles. The summed E-state index contributed by atoms with van der Waals surface area (Å²) in [6.07, 6.45) is 7.99. The smallest absolute Gasteiger partial charge is 0.265 e.